The average molecular weight is 404 g/mol. The molecule has 0 bridgehead atoms. The molecule has 2 heterocycles. The van der Waals surface area contributed by atoms with Crippen LogP contribution in [0.15, 0.2) is 53.9 Å². The maximum absolute atomic E-state index is 9.91. The molecule has 1 aromatic heterocycles. The van der Waals surface area contributed by atoms with Gasteiger partial charge in [0.05, 0.1) is 38.5 Å². The summed E-state index contributed by atoms with van der Waals surface area (Å²) >= 11 is 0. The lowest BCUT2D eigenvalue weighted by molar-refractivity contribution is 0.346. The molecule has 3 aromatic rings. The van der Waals surface area contributed by atoms with Crippen LogP contribution in [0.3, 0.4) is 0 Å². The van der Waals surface area contributed by atoms with Gasteiger partial charge in [0, 0.05) is 11.6 Å². The van der Waals surface area contributed by atoms with Crippen LogP contribution in [-0.4, -0.2) is 31.5 Å². The molecule has 0 saturated heterocycles. The van der Waals surface area contributed by atoms with Crippen LogP contribution in [0.4, 0.5) is 0 Å². The second-order valence-corrected chi connectivity index (χ2v) is 6.56. The minimum Gasteiger partial charge on any atom is -0.496 e. The van der Waals surface area contributed by atoms with Crippen molar-refractivity contribution in [2.45, 2.75) is 5.92 Å². The van der Waals surface area contributed by atoms with Crippen molar-refractivity contribution in [3.05, 3.63) is 65.0 Å². The highest BCUT2D eigenvalue weighted by atomic mass is 16.5. The molecule has 0 saturated carbocycles. The Hall–Kier alpha value is -4.12. The summed E-state index contributed by atoms with van der Waals surface area (Å²) in [6.07, 6.45) is 0. The van der Waals surface area contributed by atoms with Crippen molar-refractivity contribution in [2.75, 3.05) is 21.3 Å². The highest BCUT2D eigenvalue weighted by molar-refractivity contribution is 5.72. The fourth-order valence-electron chi connectivity index (χ4n) is 3.66. The Morgan fingerprint density at radius 3 is 2.33 bits per heavy atom. The van der Waals surface area contributed by atoms with Gasteiger partial charge in [-0.3, -0.25) is 5.10 Å². The molecule has 3 N–H and O–H groups in total. The monoisotopic (exact) mass is 404 g/mol. The van der Waals surface area contributed by atoms with Crippen LogP contribution in [0.25, 0.3) is 11.3 Å². The lowest BCUT2D eigenvalue weighted by Crippen LogP contribution is -2.21. The molecule has 8 nitrogen and oxygen atoms in total. The number of allylic oxidation sites excluding steroid dienone is 1. The normalized spacial score (nSPS) is 15.1. The van der Waals surface area contributed by atoms with E-state index in [9.17, 15) is 5.26 Å². The third kappa shape index (κ3) is 2.97. The van der Waals surface area contributed by atoms with Gasteiger partial charge in [-0.25, -0.2) is 0 Å². The summed E-state index contributed by atoms with van der Waals surface area (Å²) < 4.78 is 22.2. The second kappa shape index (κ2) is 7.72. The summed E-state index contributed by atoms with van der Waals surface area (Å²) in [5, 5.41) is 17.2. The first-order chi connectivity index (χ1) is 14.6. The molecule has 1 aliphatic rings. The molecule has 0 radical (unpaired) electrons. The van der Waals surface area contributed by atoms with E-state index >= 15 is 0 Å². The average Bonchev–Trinajstić information content (AvgIpc) is 3.21. The van der Waals surface area contributed by atoms with Gasteiger partial charge in [-0.15, -0.1) is 5.10 Å². The van der Waals surface area contributed by atoms with Crippen molar-refractivity contribution in [1.82, 2.24) is 10.2 Å². The standard InChI is InChI=1S/C22H20N4O4/c1-27-15-10-17(29-3)16(28-2)9-13(15)18-14(11-23)21(24)30-22-19(18)20(25-26-22)12-7-5-4-6-8-12/h4-10,18H,24H2,1-3H3,(H,25,26). The zero-order chi connectivity index (χ0) is 21.3. The summed E-state index contributed by atoms with van der Waals surface area (Å²) in [6.45, 7) is 0. The molecule has 30 heavy (non-hydrogen) atoms. The minimum atomic E-state index is -0.581. The van der Waals surface area contributed by atoms with Crippen molar-refractivity contribution in [1.29, 1.82) is 5.26 Å². The number of methoxy groups -OCH3 is 3. The fraction of sp³-hybridized carbons (Fsp3) is 0.182. The van der Waals surface area contributed by atoms with Gasteiger partial charge in [-0.05, 0) is 11.6 Å². The Morgan fingerprint density at radius 2 is 1.70 bits per heavy atom. The predicted molar refractivity (Wildman–Crippen MR) is 109 cm³/mol. The number of benzene rings is 2. The zero-order valence-electron chi connectivity index (χ0n) is 16.7. The van der Waals surface area contributed by atoms with Gasteiger partial charge in [0.2, 0.25) is 11.8 Å². The van der Waals surface area contributed by atoms with Gasteiger partial charge < -0.3 is 24.7 Å². The van der Waals surface area contributed by atoms with Crippen molar-refractivity contribution in [3.63, 3.8) is 0 Å². The topological polar surface area (TPSA) is 115 Å². The molecular weight excluding hydrogens is 384 g/mol. The van der Waals surface area contributed by atoms with E-state index in [1.165, 1.54) is 0 Å². The summed E-state index contributed by atoms with van der Waals surface area (Å²) in [5.41, 5.74) is 9.34. The molecule has 1 unspecified atom stereocenters. The molecule has 0 aliphatic carbocycles. The van der Waals surface area contributed by atoms with Crippen molar-refractivity contribution >= 4 is 0 Å². The third-order valence-electron chi connectivity index (χ3n) is 5.05. The first-order valence-corrected chi connectivity index (χ1v) is 9.14. The molecule has 1 atom stereocenters. The third-order valence-corrected chi connectivity index (χ3v) is 5.05. The van der Waals surface area contributed by atoms with Crippen LogP contribution >= 0.6 is 0 Å². The molecular formula is C22H20N4O4. The van der Waals surface area contributed by atoms with E-state index in [-0.39, 0.29) is 11.5 Å². The number of nitriles is 1. The Bertz CT molecular complexity index is 1160. The second-order valence-electron chi connectivity index (χ2n) is 6.56. The highest BCUT2D eigenvalue weighted by Crippen LogP contribution is 2.49. The summed E-state index contributed by atoms with van der Waals surface area (Å²) in [7, 11) is 4.65. The quantitative estimate of drug-likeness (QED) is 0.670. The number of aromatic amines is 1. The largest absolute Gasteiger partial charge is 0.496 e. The first kappa shape index (κ1) is 19.2. The van der Waals surface area contributed by atoms with Crippen molar-refractivity contribution in [2.24, 2.45) is 5.73 Å². The lowest BCUT2D eigenvalue weighted by atomic mass is 9.82. The fourth-order valence-corrected chi connectivity index (χ4v) is 3.66. The molecule has 152 valence electrons. The molecule has 1 aliphatic heterocycles. The van der Waals surface area contributed by atoms with Crippen molar-refractivity contribution < 1.29 is 18.9 Å². The number of hydrogen-bond acceptors (Lipinski definition) is 7. The summed E-state index contributed by atoms with van der Waals surface area (Å²) in [6, 6.07) is 15.4. The maximum Gasteiger partial charge on any atom is 0.244 e. The number of ether oxygens (including phenoxy) is 4. The number of nitrogens with zero attached hydrogens (tertiary/aromatic N) is 2. The van der Waals surface area contributed by atoms with Crippen LogP contribution in [-0.2, 0) is 0 Å². The van der Waals surface area contributed by atoms with E-state index in [0.29, 0.717) is 34.3 Å². The number of rotatable bonds is 5. The molecule has 0 spiro atoms. The predicted octanol–water partition coefficient (Wildman–Crippen LogP) is 3.32. The first-order valence-electron chi connectivity index (χ1n) is 9.14. The van der Waals surface area contributed by atoms with Gasteiger partial charge in [0.15, 0.2) is 11.5 Å². The van der Waals surface area contributed by atoms with Crippen LogP contribution in [0.1, 0.15) is 17.0 Å². The number of nitrogens with one attached hydrogen (secondary N) is 1. The molecule has 2 aromatic carbocycles. The van der Waals surface area contributed by atoms with Crippen molar-refractivity contribution in [3.8, 4) is 40.5 Å². The number of fused-ring (bicyclic) bond motifs is 1. The van der Waals surface area contributed by atoms with E-state index in [0.717, 1.165) is 11.3 Å². The maximum atomic E-state index is 9.91. The Balaban J connectivity index is 2.01. The lowest BCUT2D eigenvalue weighted by Gasteiger charge is -2.26. The number of H-pyrrole nitrogens is 1. The van der Waals surface area contributed by atoms with Crippen LogP contribution < -0.4 is 24.7 Å². The van der Waals surface area contributed by atoms with Gasteiger partial charge in [0.25, 0.3) is 0 Å². The van der Waals surface area contributed by atoms with Gasteiger partial charge in [-0.1, -0.05) is 30.3 Å². The van der Waals surface area contributed by atoms with Gasteiger partial charge >= 0.3 is 0 Å². The smallest absolute Gasteiger partial charge is 0.244 e. The van der Waals surface area contributed by atoms with Crippen LogP contribution in [0.5, 0.6) is 23.1 Å². The van der Waals surface area contributed by atoms with Crippen LogP contribution in [0.2, 0.25) is 0 Å². The summed E-state index contributed by atoms with van der Waals surface area (Å²) in [5.74, 6) is 1.26. The van der Waals surface area contributed by atoms with Crippen LogP contribution in [0, 0.1) is 11.3 Å². The SMILES string of the molecule is COc1cc(OC)c(C2C(C#N)=C(N)Oc3n[nH]c(-c4ccccc4)c32)cc1OC. The van der Waals surface area contributed by atoms with Gasteiger partial charge in [-0.2, -0.15) is 5.26 Å². The van der Waals surface area contributed by atoms with E-state index in [4.69, 9.17) is 24.7 Å². The molecule has 0 amide bonds. The Morgan fingerprint density at radius 1 is 1.03 bits per heavy atom. The number of aromatic nitrogens is 2. The van der Waals surface area contributed by atoms with E-state index in [2.05, 4.69) is 16.3 Å². The Kier molecular flexibility index (Phi) is 4.94. The van der Waals surface area contributed by atoms with Gasteiger partial charge in [0.1, 0.15) is 17.4 Å². The minimum absolute atomic E-state index is 0.00190. The zero-order valence-corrected chi connectivity index (χ0v) is 16.7. The Labute approximate surface area is 173 Å². The molecule has 8 heteroatoms. The van der Waals surface area contributed by atoms with E-state index < -0.39 is 5.92 Å². The molecule has 0 fully saturated rings. The van der Waals surface area contributed by atoms with E-state index in [1.807, 2.05) is 30.3 Å². The number of hydrogen-bond donors (Lipinski definition) is 2. The highest BCUT2D eigenvalue weighted by Gasteiger charge is 2.37. The summed E-state index contributed by atoms with van der Waals surface area (Å²) in [4.78, 5) is 0. The molecule has 4 rings (SSSR count). The van der Waals surface area contributed by atoms with E-state index in [1.54, 1.807) is 33.5 Å². The number of nitrogens with two attached hydrogens (primary N) is 1.